The molecule has 0 bridgehead atoms. The fourth-order valence-corrected chi connectivity index (χ4v) is 2.83. The van der Waals surface area contributed by atoms with Crippen molar-refractivity contribution < 1.29 is 4.92 Å². The lowest BCUT2D eigenvalue weighted by Crippen LogP contribution is -2.23. The standard InChI is InChI=1S/C14H17N3O2/c18-17(19)13-5-3-4-12-6-9-16(14(12)13)11-10-15-7-1-2-8-15/h3-6,9H,1-2,7-8,10-11H2. The highest BCUT2D eigenvalue weighted by atomic mass is 16.6. The van der Waals surface area contributed by atoms with Crippen molar-refractivity contribution in [1.29, 1.82) is 0 Å². The molecule has 100 valence electrons. The minimum atomic E-state index is -0.297. The Morgan fingerprint density at radius 3 is 2.68 bits per heavy atom. The first-order valence-corrected chi connectivity index (χ1v) is 6.70. The number of hydrogen-bond acceptors (Lipinski definition) is 3. The summed E-state index contributed by atoms with van der Waals surface area (Å²) in [5.41, 5.74) is 0.940. The molecule has 0 atom stereocenters. The van der Waals surface area contributed by atoms with Gasteiger partial charge < -0.3 is 9.47 Å². The summed E-state index contributed by atoms with van der Waals surface area (Å²) in [7, 11) is 0. The number of nitrogens with zero attached hydrogens (tertiary/aromatic N) is 3. The second-order valence-electron chi connectivity index (χ2n) is 5.03. The number of hydrogen-bond donors (Lipinski definition) is 0. The van der Waals surface area contributed by atoms with E-state index >= 15 is 0 Å². The van der Waals surface area contributed by atoms with E-state index in [1.165, 1.54) is 12.8 Å². The number of aromatic nitrogens is 1. The van der Waals surface area contributed by atoms with Crippen LogP contribution >= 0.6 is 0 Å². The first-order chi connectivity index (χ1) is 9.25. The van der Waals surface area contributed by atoms with Gasteiger partial charge in [-0.05, 0) is 32.0 Å². The molecule has 0 aliphatic carbocycles. The van der Waals surface area contributed by atoms with E-state index in [9.17, 15) is 10.1 Å². The Balaban J connectivity index is 1.88. The lowest BCUT2D eigenvalue weighted by Gasteiger charge is -2.15. The number of benzene rings is 1. The Kier molecular flexibility index (Phi) is 3.21. The van der Waals surface area contributed by atoms with Crippen molar-refractivity contribution in [2.45, 2.75) is 19.4 Å². The van der Waals surface area contributed by atoms with Crippen LogP contribution in [-0.4, -0.2) is 34.0 Å². The molecule has 1 fully saturated rings. The third-order valence-electron chi connectivity index (χ3n) is 3.82. The van der Waals surface area contributed by atoms with E-state index in [0.717, 1.165) is 37.1 Å². The van der Waals surface area contributed by atoms with Gasteiger partial charge in [0, 0.05) is 30.7 Å². The second-order valence-corrected chi connectivity index (χ2v) is 5.03. The molecule has 0 unspecified atom stereocenters. The molecule has 0 radical (unpaired) electrons. The van der Waals surface area contributed by atoms with Gasteiger partial charge in [-0.1, -0.05) is 12.1 Å². The summed E-state index contributed by atoms with van der Waals surface area (Å²) in [6.45, 7) is 4.09. The van der Waals surface area contributed by atoms with Crippen LogP contribution in [0.1, 0.15) is 12.8 Å². The van der Waals surface area contributed by atoms with Crippen LogP contribution in [0.25, 0.3) is 10.9 Å². The molecule has 0 amide bonds. The van der Waals surface area contributed by atoms with Crippen LogP contribution in [0.15, 0.2) is 30.5 Å². The van der Waals surface area contributed by atoms with E-state index in [0.29, 0.717) is 0 Å². The molecule has 1 aliphatic heterocycles. The molecular weight excluding hydrogens is 242 g/mol. The molecule has 1 aromatic heterocycles. The Morgan fingerprint density at radius 2 is 1.95 bits per heavy atom. The molecule has 0 saturated carbocycles. The number of fused-ring (bicyclic) bond motifs is 1. The fourth-order valence-electron chi connectivity index (χ4n) is 2.83. The summed E-state index contributed by atoms with van der Waals surface area (Å²) in [6, 6.07) is 7.20. The van der Waals surface area contributed by atoms with Crippen molar-refractivity contribution in [2.24, 2.45) is 0 Å². The number of non-ortho nitro benzene ring substituents is 1. The van der Waals surface area contributed by atoms with Crippen LogP contribution in [0.3, 0.4) is 0 Å². The zero-order valence-corrected chi connectivity index (χ0v) is 10.8. The molecule has 19 heavy (non-hydrogen) atoms. The smallest absolute Gasteiger partial charge is 0.293 e. The molecule has 0 spiro atoms. The molecule has 5 nitrogen and oxygen atoms in total. The van der Waals surface area contributed by atoms with E-state index in [1.807, 2.05) is 22.9 Å². The van der Waals surface area contributed by atoms with Gasteiger partial charge in [-0.15, -0.1) is 0 Å². The van der Waals surface area contributed by atoms with Gasteiger partial charge in [0.1, 0.15) is 5.52 Å². The van der Waals surface area contributed by atoms with Crippen molar-refractivity contribution in [2.75, 3.05) is 19.6 Å². The third kappa shape index (κ3) is 2.33. The van der Waals surface area contributed by atoms with Crippen molar-refractivity contribution in [1.82, 2.24) is 9.47 Å². The number of nitro benzene ring substituents is 1. The third-order valence-corrected chi connectivity index (χ3v) is 3.82. The quantitative estimate of drug-likeness (QED) is 0.626. The lowest BCUT2D eigenvalue weighted by atomic mass is 10.2. The van der Waals surface area contributed by atoms with Crippen molar-refractivity contribution in [3.63, 3.8) is 0 Å². The van der Waals surface area contributed by atoms with Crippen LogP contribution < -0.4 is 0 Å². The minimum absolute atomic E-state index is 0.198. The number of likely N-dealkylation sites (tertiary alicyclic amines) is 1. The van der Waals surface area contributed by atoms with Crippen LogP contribution in [-0.2, 0) is 6.54 Å². The van der Waals surface area contributed by atoms with Crippen LogP contribution in [0.4, 0.5) is 5.69 Å². The highest BCUT2D eigenvalue weighted by molar-refractivity contribution is 5.88. The topological polar surface area (TPSA) is 51.3 Å². The van der Waals surface area contributed by atoms with Gasteiger partial charge in [0.05, 0.1) is 4.92 Å². The molecule has 2 heterocycles. The zero-order chi connectivity index (χ0) is 13.2. The summed E-state index contributed by atoms with van der Waals surface area (Å²) in [5, 5.41) is 12.0. The number of rotatable bonds is 4. The van der Waals surface area contributed by atoms with Gasteiger partial charge in [-0.2, -0.15) is 0 Å². The summed E-state index contributed by atoms with van der Waals surface area (Å²) in [4.78, 5) is 13.2. The van der Waals surface area contributed by atoms with E-state index in [2.05, 4.69) is 4.90 Å². The molecule has 1 aromatic carbocycles. The van der Waals surface area contributed by atoms with Gasteiger partial charge in [0.25, 0.3) is 5.69 Å². The first-order valence-electron chi connectivity index (χ1n) is 6.70. The van der Waals surface area contributed by atoms with E-state index in [-0.39, 0.29) is 10.6 Å². The normalized spacial score (nSPS) is 16.2. The Labute approximate surface area is 111 Å². The summed E-state index contributed by atoms with van der Waals surface area (Å²) in [5.74, 6) is 0. The molecule has 1 saturated heterocycles. The summed E-state index contributed by atoms with van der Waals surface area (Å²) >= 11 is 0. The molecule has 2 aromatic rings. The predicted octanol–water partition coefficient (Wildman–Crippen LogP) is 2.65. The Morgan fingerprint density at radius 1 is 1.16 bits per heavy atom. The SMILES string of the molecule is O=[N+]([O-])c1cccc2ccn(CCN3CCCC3)c12. The molecule has 3 rings (SSSR count). The van der Waals surface area contributed by atoms with Gasteiger partial charge in [0.2, 0.25) is 0 Å². The highest BCUT2D eigenvalue weighted by Crippen LogP contribution is 2.26. The van der Waals surface area contributed by atoms with Gasteiger partial charge >= 0.3 is 0 Å². The largest absolute Gasteiger partial charge is 0.341 e. The minimum Gasteiger partial charge on any atom is -0.341 e. The van der Waals surface area contributed by atoms with Gasteiger partial charge in [0.15, 0.2) is 0 Å². The van der Waals surface area contributed by atoms with Crippen LogP contribution in [0.5, 0.6) is 0 Å². The van der Waals surface area contributed by atoms with Crippen molar-refractivity contribution in [3.8, 4) is 0 Å². The maximum absolute atomic E-state index is 11.1. The number of para-hydroxylation sites is 1. The Bertz CT molecular complexity index is 600. The van der Waals surface area contributed by atoms with E-state index in [1.54, 1.807) is 12.1 Å². The average Bonchev–Trinajstić information content (AvgIpc) is 3.05. The molecule has 5 heteroatoms. The summed E-state index contributed by atoms with van der Waals surface area (Å²) < 4.78 is 2.01. The zero-order valence-electron chi connectivity index (χ0n) is 10.8. The van der Waals surface area contributed by atoms with Crippen LogP contribution in [0, 0.1) is 10.1 Å². The molecule has 0 N–H and O–H groups in total. The maximum atomic E-state index is 11.1. The highest BCUT2D eigenvalue weighted by Gasteiger charge is 2.16. The van der Waals surface area contributed by atoms with Gasteiger partial charge in [-0.3, -0.25) is 10.1 Å². The average molecular weight is 259 g/mol. The van der Waals surface area contributed by atoms with Crippen molar-refractivity contribution >= 4 is 16.6 Å². The fraction of sp³-hybridized carbons (Fsp3) is 0.429. The monoisotopic (exact) mass is 259 g/mol. The molecular formula is C14H17N3O2. The predicted molar refractivity (Wildman–Crippen MR) is 74.3 cm³/mol. The van der Waals surface area contributed by atoms with Crippen LogP contribution in [0.2, 0.25) is 0 Å². The summed E-state index contributed by atoms with van der Waals surface area (Å²) in [6.07, 6.45) is 4.49. The lowest BCUT2D eigenvalue weighted by molar-refractivity contribution is -0.383. The maximum Gasteiger partial charge on any atom is 0.293 e. The van der Waals surface area contributed by atoms with E-state index in [4.69, 9.17) is 0 Å². The first kappa shape index (κ1) is 12.2. The number of nitro groups is 1. The molecule has 1 aliphatic rings. The van der Waals surface area contributed by atoms with E-state index < -0.39 is 0 Å². The van der Waals surface area contributed by atoms with Crippen molar-refractivity contribution in [3.05, 3.63) is 40.6 Å². The Hall–Kier alpha value is -1.88. The van der Waals surface area contributed by atoms with Gasteiger partial charge in [-0.25, -0.2) is 0 Å². The second kappa shape index (κ2) is 5.01.